The molecule has 0 aromatic heterocycles. The normalized spacial score (nSPS) is 28.6. The number of benzene rings is 1. The summed E-state index contributed by atoms with van der Waals surface area (Å²) in [6.07, 6.45) is 8.95. The van der Waals surface area contributed by atoms with Crippen molar-refractivity contribution < 1.29 is 24.1 Å². The molecule has 1 aromatic carbocycles. The molecular formula is C26H38O5. The Balaban J connectivity index is 1.39. The van der Waals surface area contributed by atoms with Crippen molar-refractivity contribution in [2.24, 2.45) is 17.8 Å². The lowest BCUT2D eigenvalue weighted by atomic mass is 9.87. The number of fused-ring (bicyclic) bond motifs is 1. The molecule has 2 fully saturated rings. The Morgan fingerprint density at radius 2 is 2.06 bits per heavy atom. The number of hydrogen-bond donors (Lipinski definition) is 1. The van der Waals surface area contributed by atoms with Crippen molar-refractivity contribution >= 4 is 12.0 Å². The first-order valence-electron chi connectivity index (χ1n) is 11.8. The zero-order valence-corrected chi connectivity index (χ0v) is 18.9. The number of aliphatic hydroxyl groups is 1. The van der Waals surface area contributed by atoms with Gasteiger partial charge in [-0.2, -0.15) is 0 Å². The lowest BCUT2D eigenvalue weighted by molar-refractivity contribution is -0.147. The Kier molecular flexibility index (Phi) is 9.56. The summed E-state index contributed by atoms with van der Waals surface area (Å²) in [5.74, 6) is 0.854. The van der Waals surface area contributed by atoms with Gasteiger partial charge in [-0.25, -0.2) is 0 Å². The molecule has 0 spiro atoms. The summed E-state index contributed by atoms with van der Waals surface area (Å²) in [7, 11) is 0. The Morgan fingerprint density at radius 3 is 2.84 bits per heavy atom. The van der Waals surface area contributed by atoms with Gasteiger partial charge < -0.3 is 19.3 Å². The fourth-order valence-corrected chi connectivity index (χ4v) is 4.85. The van der Waals surface area contributed by atoms with Crippen LogP contribution in [0.3, 0.4) is 0 Å². The molecule has 1 N–H and O–H groups in total. The largest absolute Gasteiger partial charge is 0.463 e. The molecule has 31 heavy (non-hydrogen) atoms. The van der Waals surface area contributed by atoms with Gasteiger partial charge in [0.2, 0.25) is 0 Å². The maximum Gasteiger partial charge on any atom is 0.306 e. The third-order valence-corrected chi connectivity index (χ3v) is 6.44. The van der Waals surface area contributed by atoms with Crippen molar-refractivity contribution in [1.29, 1.82) is 0 Å². The predicted molar refractivity (Wildman–Crippen MR) is 121 cm³/mol. The fourth-order valence-electron chi connectivity index (χ4n) is 4.85. The van der Waals surface area contributed by atoms with E-state index in [2.05, 4.69) is 18.2 Å². The molecule has 3 rings (SSSR count). The van der Waals surface area contributed by atoms with E-state index in [1.807, 2.05) is 38.1 Å². The van der Waals surface area contributed by atoms with Gasteiger partial charge in [-0.3, -0.25) is 4.79 Å². The minimum absolute atomic E-state index is 0.0486. The van der Waals surface area contributed by atoms with Crippen molar-refractivity contribution in [2.75, 3.05) is 19.8 Å². The first kappa shape index (κ1) is 24.0. The van der Waals surface area contributed by atoms with Crippen molar-refractivity contribution in [2.45, 2.75) is 70.7 Å². The molecule has 1 heterocycles. The lowest BCUT2D eigenvalue weighted by Crippen LogP contribution is -2.26. The Morgan fingerprint density at radius 1 is 1.26 bits per heavy atom. The van der Waals surface area contributed by atoms with Crippen LogP contribution in [0.25, 0.3) is 6.08 Å². The zero-order chi connectivity index (χ0) is 22.1. The van der Waals surface area contributed by atoms with Crippen LogP contribution >= 0.6 is 0 Å². The number of ether oxygens (including phenoxy) is 3. The molecule has 1 aliphatic carbocycles. The van der Waals surface area contributed by atoms with Gasteiger partial charge in [-0.1, -0.05) is 42.5 Å². The fraction of sp³-hybridized carbons (Fsp3) is 0.654. The molecule has 0 unspecified atom stereocenters. The molecule has 1 aromatic rings. The van der Waals surface area contributed by atoms with Gasteiger partial charge in [0.05, 0.1) is 31.5 Å². The molecular weight excluding hydrogens is 392 g/mol. The second-order valence-corrected chi connectivity index (χ2v) is 9.23. The maximum atomic E-state index is 11.7. The molecule has 0 amide bonds. The van der Waals surface area contributed by atoms with Crippen LogP contribution in [0.1, 0.15) is 57.9 Å². The number of carbonyl (C=O) groups is 1. The topological polar surface area (TPSA) is 65.0 Å². The number of hydrogen-bond acceptors (Lipinski definition) is 5. The average Bonchev–Trinajstić information content (AvgIpc) is 2.90. The summed E-state index contributed by atoms with van der Waals surface area (Å²) in [6, 6.07) is 10.2. The SMILES string of the molecule is CC(C)OC(=O)CCC[C@H]1CC[C@@H]2[C@@H](COC/C=C/c3ccccc3)[C@H](O)C[C@@H]2OC1. The van der Waals surface area contributed by atoms with Crippen LogP contribution in [-0.2, 0) is 19.0 Å². The van der Waals surface area contributed by atoms with E-state index in [0.29, 0.717) is 37.9 Å². The Bertz CT molecular complexity index is 686. The van der Waals surface area contributed by atoms with E-state index in [1.54, 1.807) is 0 Å². The molecule has 5 heteroatoms. The molecule has 5 nitrogen and oxygen atoms in total. The standard InChI is InChI=1S/C26H38O5/c1-19(2)31-26(28)12-6-10-21-13-14-22-23(24(27)16-25(22)30-17-21)18-29-15-7-11-20-8-4-3-5-9-20/h3-5,7-9,11,19,21-25,27H,6,10,12-18H2,1-2H3/b11-7+/t21-,22+,23+,24+,25-/m0/s1. The molecule has 0 bridgehead atoms. The lowest BCUT2D eigenvalue weighted by Gasteiger charge is -2.23. The molecule has 172 valence electrons. The summed E-state index contributed by atoms with van der Waals surface area (Å²) in [6.45, 7) is 5.59. The number of carbonyl (C=O) groups excluding carboxylic acids is 1. The quantitative estimate of drug-likeness (QED) is 0.433. The number of rotatable bonds is 10. The highest BCUT2D eigenvalue weighted by Gasteiger charge is 2.44. The summed E-state index contributed by atoms with van der Waals surface area (Å²) in [4.78, 5) is 11.7. The van der Waals surface area contributed by atoms with Gasteiger partial charge in [0, 0.05) is 25.4 Å². The van der Waals surface area contributed by atoms with Crippen LogP contribution in [0.4, 0.5) is 0 Å². The van der Waals surface area contributed by atoms with Gasteiger partial charge in [0.15, 0.2) is 0 Å². The summed E-state index contributed by atoms with van der Waals surface area (Å²) in [5.41, 5.74) is 1.16. The number of esters is 1. The van der Waals surface area contributed by atoms with Crippen molar-refractivity contribution in [1.82, 2.24) is 0 Å². The van der Waals surface area contributed by atoms with Crippen LogP contribution in [0.2, 0.25) is 0 Å². The number of aliphatic hydroxyl groups excluding tert-OH is 1. The van der Waals surface area contributed by atoms with Crippen molar-refractivity contribution in [3.05, 3.63) is 42.0 Å². The smallest absolute Gasteiger partial charge is 0.306 e. The minimum atomic E-state index is -0.351. The average molecular weight is 431 g/mol. The molecule has 1 saturated carbocycles. The van der Waals surface area contributed by atoms with E-state index >= 15 is 0 Å². The van der Waals surface area contributed by atoms with Crippen LogP contribution in [0.5, 0.6) is 0 Å². The van der Waals surface area contributed by atoms with Crippen LogP contribution < -0.4 is 0 Å². The highest BCUT2D eigenvalue weighted by atomic mass is 16.5. The Labute approximate surface area is 186 Å². The van der Waals surface area contributed by atoms with E-state index < -0.39 is 0 Å². The van der Waals surface area contributed by atoms with Gasteiger partial charge in [-0.05, 0) is 56.9 Å². The maximum absolute atomic E-state index is 11.7. The van der Waals surface area contributed by atoms with E-state index in [1.165, 1.54) is 0 Å². The first-order chi connectivity index (χ1) is 15.0. The third kappa shape index (κ3) is 7.74. The van der Waals surface area contributed by atoms with E-state index in [0.717, 1.165) is 37.9 Å². The van der Waals surface area contributed by atoms with Gasteiger partial charge in [0.25, 0.3) is 0 Å². The van der Waals surface area contributed by atoms with Crippen LogP contribution in [0.15, 0.2) is 36.4 Å². The molecule has 2 aliphatic rings. The van der Waals surface area contributed by atoms with Gasteiger partial charge >= 0.3 is 5.97 Å². The summed E-state index contributed by atoms with van der Waals surface area (Å²) in [5, 5.41) is 10.6. The highest BCUT2D eigenvalue weighted by Crippen LogP contribution is 2.41. The van der Waals surface area contributed by atoms with Crippen LogP contribution in [-0.4, -0.2) is 49.2 Å². The summed E-state index contributed by atoms with van der Waals surface area (Å²) >= 11 is 0. The van der Waals surface area contributed by atoms with Gasteiger partial charge in [-0.15, -0.1) is 0 Å². The predicted octanol–water partition coefficient (Wildman–Crippen LogP) is 4.63. The van der Waals surface area contributed by atoms with Gasteiger partial charge in [0.1, 0.15) is 0 Å². The summed E-state index contributed by atoms with van der Waals surface area (Å²) < 4.78 is 17.3. The van der Waals surface area contributed by atoms with E-state index in [4.69, 9.17) is 14.2 Å². The minimum Gasteiger partial charge on any atom is -0.463 e. The van der Waals surface area contributed by atoms with Crippen LogP contribution in [0, 0.1) is 17.8 Å². The van der Waals surface area contributed by atoms with Crippen molar-refractivity contribution in [3.8, 4) is 0 Å². The molecule has 1 saturated heterocycles. The van der Waals surface area contributed by atoms with E-state index in [9.17, 15) is 9.90 Å². The Hall–Kier alpha value is -1.69. The highest BCUT2D eigenvalue weighted by molar-refractivity contribution is 5.69. The molecule has 0 radical (unpaired) electrons. The van der Waals surface area contributed by atoms with E-state index in [-0.39, 0.29) is 30.2 Å². The first-order valence-corrected chi connectivity index (χ1v) is 11.8. The molecule has 5 atom stereocenters. The van der Waals surface area contributed by atoms with Crippen molar-refractivity contribution in [3.63, 3.8) is 0 Å². The second-order valence-electron chi connectivity index (χ2n) is 9.23. The zero-order valence-electron chi connectivity index (χ0n) is 18.9. The molecule has 1 aliphatic heterocycles. The second kappa shape index (κ2) is 12.4. The monoisotopic (exact) mass is 430 g/mol. The third-order valence-electron chi connectivity index (χ3n) is 6.44.